The lowest BCUT2D eigenvalue weighted by Crippen LogP contribution is -2.38. The van der Waals surface area contributed by atoms with Gasteiger partial charge in [0.15, 0.2) is 0 Å². The average molecular weight is 333 g/mol. The minimum absolute atomic E-state index is 0.00226. The van der Waals surface area contributed by atoms with Gasteiger partial charge in [-0.15, -0.1) is 11.3 Å². The van der Waals surface area contributed by atoms with Crippen molar-refractivity contribution in [2.45, 2.75) is 52.1 Å². The lowest BCUT2D eigenvalue weighted by atomic mass is 10.2. The van der Waals surface area contributed by atoms with Crippen LogP contribution >= 0.6 is 11.3 Å². The molecule has 0 fully saturated rings. The Balaban J connectivity index is 2.38. The highest BCUT2D eigenvalue weighted by Gasteiger charge is 2.23. The van der Waals surface area contributed by atoms with E-state index in [0.717, 1.165) is 19.4 Å². The maximum atomic E-state index is 12.3. The molecule has 1 unspecified atom stereocenters. The van der Waals surface area contributed by atoms with E-state index in [1.165, 1.54) is 9.18 Å². The Hall–Kier alpha value is -0.430. The largest absolute Gasteiger partial charge is 0.315 e. The second-order valence-corrected chi connectivity index (χ2v) is 8.96. The van der Waals surface area contributed by atoms with Crippen LogP contribution in [-0.4, -0.2) is 44.2 Å². The molecule has 0 aliphatic carbocycles. The molecule has 0 aliphatic heterocycles. The monoisotopic (exact) mass is 332 g/mol. The molecule has 1 atom stereocenters. The third kappa shape index (κ3) is 6.91. The first-order chi connectivity index (χ1) is 9.83. The van der Waals surface area contributed by atoms with Crippen molar-refractivity contribution < 1.29 is 8.42 Å². The van der Waals surface area contributed by atoms with E-state index in [9.17, 15) is 8.42 Å². The van der Waals surface area contributed by atoms with Gasteiger partial charge in [-0.3, -0.25) is 0 Å². The van der Waals surface area contributed by atoms with E-state index in [2.05, 4.69) is 25.2 Å². The number of sulfonamides is 1. The zero-order valence-corrected chi connectivity index (χ0v) is 15.1. The van der Waals surface area contributed by atoms with Gasteiger partial charge in [0.25, 0.3) is 0 Å². The molecule has 4 nitrogen and oxygen atoms in total. The first-order valence-electron chi connectivity index (χ1n) is 7.54. The number of hydrogen-bond donors (Lipinski definition) is 1. The molecule has 1 aromatic heterocycles. The zero-order valence-electron chi connectivity index (χ0n) is 13.5. The summed E-state index contributed by atoms with van der Waals surface area (Å²) in [5.74, 6) is 0.234. The van der Waals surface area contributed by atoms with Crippen LogP contribution in [0.1, 0.15) is 38.5 Å². The van der Waals surface area contributed by atoms with Crippen LogP contribution in [0, 0.1) is 0 Å². The van der Waals surface area contributed by atoms with Crippen molar-refractivity contribution in [2.75, 3.05) is 19.3 Å². The minimum Gasteiger partial charge on any atom is -0.315 e. The van der Waals surface area contributed by atoms with Crippen molar-refractivity contribution in [3.63, 3.8) is 0 Å². The molecule has 0 aromatic carbocycles. The number of nitrogens with zero attached hydrogens (tertiary/aromatic N) is 1. The Kier molecular flexibility index (Phi) is 7.87. The van der Waals surface area contributed by atoms with Gasteiger partial charge in [-0.1, -0.05) is 19.9 Å². The Bertz CT molecular complexity index is 484. The van der Waals surface area contributed by atoms with Crippen molar-refractivity contribution in [3.05, 3.63) is 22.4 Å². The highest BCUT2D eigenvalue weighted by Crippen LogP contribution is 2.16. The van der Waals surface area contributed by atoms with Crippen LogP contribution < -0.4 is 5.32 Å². The summed E-state index contributed by atoms with van der Waals surface area (Å²) in [4.78, 5) is 1.23. The first-order valence-corrected chi connectivity index (χ1v) is 10.0. The molecule has 0 spiro atoms. The molecular formula is C15H28N2O2S2. The van der Waals surface area contributed by atoms with Crippen LogP contribution in [0.25, 0.3) is 0 Å². The number of unbranched alkanes of at least 4 members (excludes halogenated alkanes) is 1. The number of nitrogens with one attached hydrogen (secondary N) is 1. The molecule has 0 saturated heterocycles. The van der Waals surface area contributed by atoms with Crippen molar-refractivity contribution in [1.82, 2.24) is 9.62 Å². The average Bonchev–Trinajstić information content (AvgIpc) is 2.89. The van der Waals surface area contributed by atoms with E-state index in [1.807, 2.05) is 18.4 Å². The molecule has 0 amide bonds. The van der Waals surface area contributed by atoms with Gasteiger partial charge < -0.3 is 5.32 Å². The van der Waals surface area contributed by atoms with E-state index in [4.69, 9.17) is 0 Å². The molecule has 1 N–H and O–H groups in total. The predicted octanol–water partition coefficient (Wildman–Crippen LogP) is 2.72. The Morgan fingerprint density at radius 2 is 2.00 bits per heavy atom. The third-order valence-corrected chi connectivity index (χ3v) is 6.46. The van der Waals surface area contributed by atoms with Gasteiger partial charge in [-0.25, -0.2) is 12.7 Å². The summed E-state index contributed by atoms with van der Waals surface area (Å²) >= 11 is 1.68. The summed E-state index contributed by atoms with van der Waals surface area (Å²) in [7, 11) is -1.46. The quantitative estimate of drug-likeness (QED) is 0.670. The fraction of sp³-hybridized carbons (Fsp3) is 0.733. The minimum atomic E-state index is -3.15. The molecule has 1 rings (SSSR count). The van der Waals surface area contributed by atoms with Gasteiger partial charge in [0.1, 0.15) is 0 Å². The second-order valence-electron chi connectivity index (χ2n) is 5.78. The third-order valence-electron chi connectivity index (χ3n) is 3.52. The molecule has 0 radical (unpaired) electrons. The number of hydrogen-bond acceptors (Lipinski definition) is 4. The van der Waals surface area contributed by atoms with Gasteiger partial charge >= 0.3 is 0 Å². The second kappa shape index (κ2) is 8.88. The van der Waals surface area contributed by atoms with Crippen molar-refractivity contribution >= 4 is 21.4 Å². The maximum Gasteiger partial charge on any atom is 0.214 e. The number of likely N-dealkylation sites (N-methyl/N-ethyl adjacent to an activating group) is 1. The van der Waals surface area contributed by atoms with Gasteiger partial charge in [-0.05, 0) is 44.2 Å². The van der Waals surface area contributed by atoms with E-state index in [0.29, 0.717) is 12.5 Å². The predicted molar refractivity (Wildman–Crippen MR) is 91.4 cm³/mol. The van der Waals surface area contributed by atoms with Crippen LogP contribution in [0.3, 0.4) is 0 Å². The molecule has 0 aliphatic rings. The van der Waals surface area contributed by atoms with Crippen LogP contribution in [0.15, 0.2) is 17.5 Å². The highest BCUT2D eigenvalue weighted by atomic mass is 32.2. The summed E-state index contributed by atoms with van der Waals surface area (Å²) in [6.07, 6.45) is 2.38. The summed E-state index contributed by atoms with van der Waals surface area (Å²) in [6.45, 7) is 7.03. The lowest BCUT2D eigenvalue weighted by Gasteiger charge is -2.24. The zero-order chi connectivity index (χ0) is 15.9. The summed E-state index contributed by atoms with van der Waals surface area (Å²) in [6, 6.07) is 4.51. The Labute approximate surface area is 133 Å². The topological polar surface area (TPSA) is 49.4 Å². The molecular weight excluding hydrogens is 304 g/mol. The number of thiophene rings is 1. The van der Waals surface area contributed by atoms with Crippen molar-refractivity contribution in [3.8, 4) is 0 Å². The summed E-state index contributed by atoms with van der Waals surface area (Å²) in [5.41, 5.74) is 0. The Morgan fingerprint density at radius 1 is 1.29 bits per heavy atom. The summed E-state index contributed by atoms with van der Waals surface area (Å²) in [5, 5.41) is 5.33. The fourth-order valence-corrected chi connectivity index (χ4v) is 4.37. The van der Waals surface area contributed by atoms with Crippen molar-refractivity contribution in [2.24, 2.45) is 0 Å². The van der Waals surface area contributed by atoms with E-state index in [-0.39, 0.29) is 11.8 Å². The van der Waals surface area contributed by atoms with Gasteiger partial charge in [0.05, 0.1) is 5.75 Å². The highest BCUT2D eigenvalue weighted by molar-refractivity contribution is 7.89. The molecule has 1 aromatic rings. The van der Waals surface area contributed by atoms with Crippen molar-refractivity contribution in [1.29, 1.82) is 0 Å². The molecule has 0 bridgehead atoms. The van der Waals surface area contributed by atoms with Gasteiger partial charge in [0.2, 0.25) is 10.0 Å². The van der Waals surface area contributed by atoms with Crippen LogP contribution in [-0.2, 0) is 16.4 Å². The molecule has 6 heteroatoms. The SMILES string of the molecule is CC(C)NCCCCS(=O)(=O)N(C)C(C)Cc1cccs1. The number of rotatable bonds is 10. The molecule has 122 valence electrons. The smallest absolute Gasteiger partial charge is 0.214 e. The van der Waals surface area contributed by atoms with Crippen LogP contribution in [0.2, 0.25) is 0 Å². The van der Waals surface area contributed by atoms with E-state index >= 15 is 0 Å². The molecule has 21 heavy (non-hydrogen) atoms. The van der Waals surface area contributed by atoms with Crippen LogP contribution in [0.5, 0.6) is 0 Å². The van der Waals surface area contributed by atoms with E-state index in [1.54, 1.807) is 18.4 Å². The fourth-order valence-electron chi connectivity index (χ4n) is 2.07. The van der Waals surface area contributed by atoms with Gasteiger partial charge in [0, 0.05) is 24.0 Å². The van der Waals surface area contributed by atoms with Crippen LogP contribution in [0.4, 0.5) is 0 Å². The lowest BCUT2D eigenvalue weighted by molar-refractivity contribution is 0.387. The standard InChI is InChI=1S/C15H28N2O2S2/c1-13(2)16-9-5-6-11-21(18,19)17(4)14(3)12-15-8-7-10-20-15/h7-8,10,13-14,16H,5-6,9,11-12H2,1-4H3. The molecule has 1 heterocycles. The first kappa shape index (κ1) is 18.6. The van der Waals surface area contributed by atoms with Gasteiger partial charge in [-0.2, -0.15) is 0 Å². The molecule has 0 saturated carbocycles. The normalized spacial score (nSPS) is 14.0. The Morgan fingerprint density at radius 3 is 2.57 bits per heavy atom. The van der Waals surface area contributed by atoms with E-state index < -0.39 is 10.0 Å². The summed E-state index contributed by atoms with van der Waals surface area (Å²) < 4.78 is 26.1. The maximum absolute atomic E-state index is 12.3.